The Labute approximate surface area is 164 Å². The van der Waals surface area contributed by atoms with Gasteiger partial charge in [-0.3, -0.25) is 4.79 Å². The van der Waals surface area contributed by atoms with E-state index < -0.39 is 17.9 Å². The molecule has 2 aromatic carbocycles. The molecule has 2 N–H and O–H groups in total. The molecule has 6 nitrogen and oxygen atoms in total. The molecule has 28 heavy (non-hydrogen) atoms. The van der Waals surface area contributed by atoms with Crippen LogP contribution < -0.4 is 10.1 Å². The minimum absolute atomic E-state index is 0.0579. The number of nitrogens with zero attached hydrogens (tertiary/aromatic N) is 1. The molecule has 1 aromatic heterocycles. The van der Waals surface area contributed by atoms with Crippen molar-refractivity contribution in [2.45, 2.75) is 12.5 Å². The highest BCUT2D eigenvalue weighted by Gasteiger charge is 2.22. The van der Waals surface area contributed by atoms with E-state index in [9.17, 15) is 19.1 Å². The number of hydrogen-bond acceptors (Lipinski definition) is 5. The second-order valence-corrected chi connectivity index (χ2v) is 6.80. The number of hydrogen-bond donors (Lipinski definition) is 2. The van der Waals surface area contributed by atoms with Gasteiger partial charge in [-0.1, -0.05) is 12.1 Å². The van der Waals surface area contributed by atoms with Crippen LogP contribution in [0.2, 0.25) is 0 Å². The second-order valence-electron chi connectivity index (χ2n) is 5.94. The first kappa shape index (κ1) is 19.5. The molecule has 0 saturated heterocycles. The molecule has 144 valence electrons. The van der Waals surface area contributed by atoms with Crippen molar-refractivity contribution in [2.75, 3.05) is 7.11 Å². The Kier molecular flexibility index (Phi) is 6.00. The second kappa shape index (κ2) is 8.62. The van der Waals surface area contributed by atoms with Gasteiger partial charge in [0.25, 0.3) is 0 Å². The van der Waals surface area contributed by atoms with Gasteiger partial charge in [0.1, 0.15) is 16.6 Å². The molecule has 0 aliphatic carbocycles. The number of carbonyl (C=O) groups excluding carboxylic acids is 1. The lowest BCUT2D eigenvalue weighted by Crippen LogP contribution is -2.34. The van der Waals surface area contributed by atoms with E-state index in [-0.39, 0.29) is 12.2 Å². The summed E-state index contributed by atoms with van der Waals surface area (Å²) in [5, 5.41) is 14.3. The third kappa shape index (κ3) is 4.72. The minimum Gasteiger partial charge on any atom is -0.497 e. The summed E-state index contributed by atoms with van der Waals surface area (Å²) in [4.78, 5) is 28.3. The number of carboxylic acids is 1. The molecule has 0 aliphatic rings. The zero-order valence-electron chi connectivity index (χ0n) is 14.9. The average molecular weight is 400 g/mol. The van der Waals surface area contributed by atoms with Crippen LogP contribution in [0, 0.1) is 5.82 Å². The van der Waals surface area contributed by atoms with E-state index in [0.717, 1.165) is 5.56 Å². The number of carbonyl (C=O) groups is 2. The maximum atomic E-state index is 13.0. The van der Waals surface area contributed by atoms with Crippen LogP contribution in [0.15, 0.2) is 53.9 Å². The van der Waals surface area contributed by atoms with Crippen LogP contribution in [0.3, 0.4) is 0 Å². The van der Waals surface area contributed by atoms with Gasteiger partial charge >= 0.3 is 5.97 Å². The van der Waals surface area contributed by atoms with Gasteiger partial charge in [0.05, 0.1) is 19.2 Å². The Balaban J connectivity index is 1.68. The van der Waals surface area contributed by atoms with Gasteiger partial charge in [-0.2, -0.15) is 0 Å². The summed E-state index contributed by atoms with van der Waals surface area (Å²) in [7, 11) is 1.51. The van der Waals surface area contributed by atoms with Crippen molar-refractivity contribution in [3.63, 3.8) is 0 Å². The van der Waals surface area contributed by atoms with Crippen molar-refractivity contribution in [1.82, 2.24) is 10.3 Å². The molecule has 0 saturated carbocycles. The van der Waals surface area contributed by atoms with Gasteiger partial charge in [0.2, 0.25) is 5.91 Å². The Hall–Kier alpha value is -3.26. The molecule has 3 rings (SSSR count). The van der Waals surface area contributed by atoms with Gasteiger partial charge in [0.15, 0.2) is 6.04 Å². The Morgan fingerprint density at radius 2 is 1.86 bits per heavy atom. The van der Waals surface area contributed by atoms with E-state index >= 15 is 0 Å². The number of halogens is 1. The predicted molar refractivity (Wildman–Crippen MR) is 103 cm³/mol. The van der Waals surface area contributed by atoms with E-state index in [4.69, 9.17) is 4.74 Å². The maximum Gasteiger partial charge on any atom is 0.330 e. The van der Waals surface area contributed by atoms with E-state index in [1.807, 2.05) is 0 Å². The summed E-state index contributed by atoms with van der Waals surface area (Å²) in [5.74, 6) is -1.36. The van der Waals surface area contributed by atoms with E-state index in [2.05, 4.69) is 10.3 Å². The molecule has 3 aromatic rings. The monoisotopic (exact) mass is 400 g/mol. The fourth-order valence-electron chi connectivity index (χ4n) is 2.57. The number of methoxy groups -OCH3 is 1. The highest BCUT2D eigenvalue weighted by Crippen LogP contribution is 2.24. The smallest absolute Gasteiger partial charge is 0.330 e. The molecule has 0 spiro atoms. The van der Waals surface area contributed by atoms with Gasteiger partial charge in [-0.25, -0.2) is 14.2 Å². The Morgan fingerprint density at radius 3 is 2.46 bits per heavy atom. The lowest BCUT2D eigenvalue weighted by molar-refractivity contribution is -0.142. The van der Waals surface area contributed by atoms with Crippen LogP contribution in [0.1, 0.15) is 17.3 Å². The normalized spacial score (nSPS) is 11.6. The van der Waals surface area contributed by atoms with Crippen LogP contribution in [0.25, 0.3) is 10.6 Å². The molecule has 1 heterocycles. The van der Waals surface area contributed by atoms with E-state index in [1.165, 1.54) is 30.6 Å². The Morgan fingerprint density at radius 1 is 1.18 bits per heavy atom. The van der Waals surface area contributed by atoms with Gasteiger partial charge in [0, 0.05) is 10.9 Å². The molecule has 0 fully saturated rings. The van der Waals surface area contributed by atoms with Crippen molar-refractivity contribution < 1.29 is 23.8 Å². The number of aromatic nitrogens is 1. The fraction of sp³-hybridized carbons (Fsp3) is 0.150. The van der Waals surface area contributed by atoms with Crippen LogP contribution in [-0.4, -0.2) is 29.1 Å². The molecule has 0 bridgehead atoms. The lowest BCUT2D eigenvalue weighted by atomic mass is 10.1. The number of ether oxygens (including phenoxy) is 1. The summed E-state index contributed by atoms with van der Waals surface area (Å²) in [6, 6.07) is 11.2. The van der Waals surface area contributed by atoms with Crippen molar-refractivity contribution in [2.24, 2.45) is 0 Å². The van der Waals surface area contributed by atoms with Crippen molar-refractivity contribution >= 4 is 23.2 Å². The molecule has 8 heteroatoms. The third-order valence-electron chi connectivity index (χ3n) is 3.99. The lowest BCUT2D eigenvalue weighted by Gasteiger charge is -2.15. The van der Waals surface area contributed by atoms with E-state index in [0.29, 0.717) is 22.0 Å². The summed E-state index contributed by atoms with van der Waals surface area (Å²) in [5.41, 5.74) is 1.70. The van der Waals surface area contributed by atoms with Crippen LogP contribution in [-0.2, 0) is 16.0 Å². The van der Waals surface area contributed by atoms with Crippen LogP contribution in [0.4, 0.5) is 4.39 Å². The van der Waals surface area contributed by atoms with Crippen LogP contribution in [0.5, 0.6) is 5.75 Å². The summed E-state index contributed by atoms with van der Waals surface area (Å²) in [6.07, 6.45) is -0.0579. The van der Waals surface area contributed by atoms with Crippen molar-refractivity contribution in [3.05, 3.63) is 71.0 Å². The molecule has 0 radical (unpaired) electrons. The van der Waals surface area contributed by atoms with Crippen molar-refractivity contribution in [3.8, 4) is 16.3 Å². The summed E-state index contributed by atoms with van der Waals surface area (Å²) >= 11 is 1.33. The largest absolute Gasteiger partial charge is 0.497 e. The SMILES string of the molecule is COc1ccc(C(NC(=O)Cc2csc(-c3ccc(F)cc3)n2)C(=O)O)cc1. The third-order valence-corrected chi connectivity index (χ3v) is 4.93. The topological polar surface area (TPSA) is 88.5 Å². The van der Waals surface area contributed by atoms with Gasteiger partial charge < -0.3 is 15.2 Å². The fourth-order valence-corrected chi connectivity index (χ4v) is 3.40. The summed E-state index contributed by atoms with van der Waals surface area (Å²) in [6.45, 7) is 0. The molecular formula is C20H17FN2O4S. The highest BCUT2D eigenvalue weighted by atomic mass is 32.1. The number of carboxylic acid groups (broad SMARTS) is 1. The quantitative estimate of drug-likeness (QED) is 0.634. The average Bonchev–Trinajstić information content (AvgIpc) is 3.15. The highest BCUT2D eigenvalue weighted by molar-refractivity contribution is 7.13. The number of aliphatic carboxylic acids is 1. The zero-order valence-corrected chi connectivity index (χ0v) is 15.7. The van der Waals surface area contributed by atoms with Crippen molar-refractivity contribution in [1.29, 1.82) is 0 Å². The molecule has 1 unspecified atom stereocenters. The maximum absolute atomic E-state index is 13.0. The molecular weight excluding hydrogens is 383 g/mol. The number of rotatable bonds is 7. The standard InChI is InChI=1S/C20H17FN2O4S/c1-27-16-8-4-12(5-9-16)18(20(25)26)23-17(24)10-15-11-28-19(22-15)13-2-6-14(21)7-3-13/h2-9,11,18H,10H2,1H3,(H,23,24)(H,25,26). The summed E-state index contributed by atoms with van der Waals surface area (Å²) < 4.78 is 18.1. The minimum atomic E-state index is -1.17. The van der Waals surface area contributed by atoms with Crippen LogP contribution >= 0.6 is 11.3 Å². The number of thiazole rings is 1. The van der Waals surface area contributed by atoms with E-state index in [1.54, 1.807) is 41.8 Å². The number of nitrogens with one attached hydrogen (secondary N) is 1. The number of benzene rings is 2. The molecule has 1 amide bonds. The molecule has 0 aliphatic heterocycles. The molecule has 1 atom stereocenters. The zero-order chi connectivity index (χ0) is 20.1. The number of amides is 1. The first-order chi connectivity index (χ1) is 13.5. The Bertz CT molecular complexity index is 971. The first-order valence-corrected chi connectivity index (χ1v) is 9.20. The predicted octanol–water partition coefficient (Wildman–Crippen LogP) is 3.44. The first-order valence-electron chi connectivity index (χ1n) is 8.32. The van der Waals surface area contributed by atoms with Gasteiger partial charge in [-0.15, -0.1) is 11.3 Å². The van der Waals surface area contributed by atoms with Gasteiger partial charge in [-0.05, 0) is 42.0 Å².